The smallest absolute Gasteiger partial charge is 0.410 e. The van der Waals surface area contributed by atoms with E-state index in [1.165, 1.54) is 15.9 Å². The normalized spacial score (nSPS) is 28.3. The first kappa shape index (κ1) is 39.0. The number of rotatable bonds is 4. The Balaban J connectivity index is 0.000000668. The third kappa shape index (κ3) is 9.59. The Kier molecular flexibility index (Phi) is 11.5. The maximum atomic E-state index is 14.3. The standard InChI is InChI=1S/C32H41FN4O8.C3H7NO2S/c1-31(2,3)45-29(42)34-24-13-8-6-4-5-7-11-20-15-32(20,28(40)41)35-26(38)25-14-21(17-37(25)27(24)39)44-30(43)36-16-19-10-9-12-23(33)22(19)18-36;4-7(5,6)3-1-2-3/h7,9-12,20-21,24-25H,4-6,8,13-18H2,1-3H3,(H,34,42)(H,35,38)(H,40,41);3H,1-2H2,(H2,4,5,6)/b11-7-;/t20-,21-,24+,25+,32-;/m1./s1. The fourth-order valence-electron chi connectivity index (χ4n) is 6.72. The van der Waals surface area contributed by atoms with Crippen LogP contribution >= 0.6 is 0 Å². The number of carbonyl (C=O) groups is 5. The zero-order valence-electron chi connectivity index (χ0n) is 29.6. The van der Waals surface area contributed by atoms with Gasteiger partial charge in [0.05, 0.1) is 18.3 Å². The minimum Gasteiger partial charge on any atom is -0.479 e. The highest BCUT2D eigenvalue weighted by Gasteiger charge is 2.61. The van der Waals surface area contributed by atoms with Crippen molar-refractivity contribution in [1.82, 2.24) is 20.4 Å². The molecule has 15 nitrogen and oxygen atoms in total. The molecule has 3 aliphatic heterocycles. The Morgan fingerprint density at radius 1 is 1.10 bits per heavy atom. The molecule has 0 spiro atoms. The lowest BCUT2D eigenvalue weighted by Crippen LogP contribution is -2.56. The molecule has 286 valence electrons. The summed E-state index contributed by atoms with van der Waals surface area (Å²) in [7, 11) is -3.13. The molecule has 4 amide bonds. The van der Waals surface area contributed by atoms with Gasteiger partial charge in [0.25, 0.3) is 0 Å². The lowest BCUT2D eigenvalue weighted by atomic mass is 10.0. The first-order valence-electron chi connectivity index (χ1n) is 17.6. The summed E-state index contributed by atoms with van der Waals surface area (Å²) < 4.78 is 45.8. The molecule has 0 bridgehead atoms. The van der Waals surface area contributed by atoms with E-state index in [4.69, 9.17) is 14.6 Å². The van der Waals surface area contributed by atoms with Crippen LogP contribution in [0.5, 0.6) is 0 Å². The van der Waals surface area contributed by atoms with Crippen LogP contribution < -0.4 is 15.8 Å². The summed E-state index contributed by atoms with van der Waals surface area (Å²) >= 11 is 0. The second-order valence-electron chi connectivity index (χ2n) is 15.1. The van der Waals surface area contributed by atoms with Crippen molar-refractivity contribution in [3.8, 4) is 0 Å². The molecule has 0 aromatic heterocycles. The molecule has 2 aliphatic carbocycles. The molecule has 1 aromatic carbocycles. The second-order valence-corrected chi connectivity index (χ2v) is 17.0. The number of nitrogens with one attached hydrogen (secondary N) is 2. The summed E-state index contributed by atoms with van der Waals surface area (Å²) in [6.45, 7) is 5.15. The monoisotopic (exact) mass is 749 g/mol. The molecule has 5 atom stereocenters. The number of aliphatic carboxylic acids is 1. The number of sulfonamides is 1. The maximum Gasteiger partial charge on any atom is 0.410 e. The van der Waals surface area contributed by atoms with Crippen molar-refractivity contribution in [3.05, 3.63) is 47.3 Å². The van der Waals surface area contributed by atoms with Crippen LogP contribution in [0.4, 0.5) is 14.0 Å². The Morgan fingerprint density at radius 3 is 2.44 bits per heavy atom. The minimum atomic E-state index is -3.13. The summed E-state index contributed by atoms with van der Waals surface area (Å²) in [5, 5.41) is 19.9. The predicted octanol–water partition coefficient (Wildman–Crippen LogP) is 3.06. The molecule has 5 aliphatic rings. The molecule has 6 rings (SSSR count). The molecule has 1 aromatic rings. The number of hydrogen-bond acceptors (Lipinski definition) is 9. The largest absolute Gasteiger partial charge is 0.479 e. The highest BCUT2D eigenvalue weighted by Crippen LogP contribution is 2.45. The fraction of sp³-hybridized carbons (Fsp3) is 0.629. The van der Waals surface area contributed by atoms with Crippen molar-refractivity contribution >= 4 is 40.0 Å². The van der Waals surface area contributed by atoms with Gasteiger partial charge in [0.15, 0.2) is 0 Å². The van der Waals surface area contributed by atoms with E-state index in [0.717, 1.165) is 32.1 Å². The number of halogens is 1. The average molecular weight is 750 g/mol. The van der Waals surface area contributed by atoms with Gasteiger partial charge in [-0.05, 0) is 70.9 Å². The summed E-state index contributed by atoms with van der Waals surface area (Å²) in [4.78, 5) is 68.5. The Morgan fingerprint density at radius 2 is 1.83 bits per heavy atom. The lowest BCUT2D eigenvalue weighted by molar-refractivity contribution is -0.145. The van der Waals surface area contributed by atoms with Gasteiger partial charge < -0.3 is 30.1 Å². The van der Waals surface area contributed by atoms with Crippen LogP contribution in [-0.2, 0) is 47.0 Å². The Labute approximate surface area is 302 Å². The van der Waals surface area contributed by atoms with E-state index >= 15 is 0 Å². The summed E-state index contributed by atoms with van der Waals surface area (Å²) in [6.07, 6.45) is 6.19. The van der Waals surface area contributed by atoms with Gasteiger partial charge in [-0.1, -0.05) is 37.1 Å². The third-order valence-electron chi connectivity index (χ3n) is 9.75. The van der Waals surface area contributed by atoms with Crippen LogP contribution in [0, 0.1) is 11.7 Å². The number of primary sulfonamides is 1. The van der Waals surface area contributed by atoms with Crippen molar-refractivity contribution in [2.45, 2.75) is 126 Å². The van der Waals surface area contributed by atoms with Gasteiger partial charge in [-0.25, -0.2) is 32.3 Å². The summed E-state index contributed by atoms with van der Waals surface area (Å²) in [5.74, 6) is -3.20. The Hall–Kier alpha value is -4.25. The number of carbonyl (C=O) groups excluding carboxylic acids is 4. The van der Waals surface area contributed by atoms with Gasteiger partial charge in [0, 0.05) is 24.4 Å². The van der Waals surface area contributed by atoms with Crippen molar-refractivity contribution in [1.29, 1.82) is 0 Å². The number of alkyl carbamates (subject to hydrolysis) is 1. The van der Waals surface area contributed by atoms with Crippen LogP contribution in [-0.4, -0.2) is 94.4 Å². The molecule has 17 heteroatoms. The average Bonchev–Trinajstić information content (AvgIpc) is 3.93. The first-order chi connectivity index (χ1) is 24.4. The quantitative estimate of drug-likeness (QED) is 0.330. The lowest BCUT2D eigenvalue weighted by Gasteiger charge is -2.30. The second kappa shape index (κ2) is 15.4. The molecule has 52 heavy (non-hydrogen) atoms. The molecule has 3 fully saturated rings. The van der Waals surface area contributed by atoms with Gasteiger partial charge in [-0.15, -0.1) is 0 Å². The molecule has 3 heterocycles. The number of amides is 4. The number of benzene rings is 1. The molecule has 1 saturated heterocycles. The SMILES string of the molecule is CC(C)(C)OC(=O)N[C@H]1CCCCC/C=C\[C@@H]2C[C@@]2(C(=O)O)NC(=O)[C@@H]2C[C@@H](OC(=O)N3Cc4cccc(F)c4C3)CN2C1=O.NS(=O)(=O)C1CC1. The van der Waals surface area contributed by atoms with Crippen LogP contribution in [0.1, 0.15) is 89.7 Å². The van der Waals surface area contributed by atoms with E-state index in [-0.39, 0.29) is 50.1 Å². The number of nitrogens with two attached hydrogens (primary N) is 1. The Bertz CT molecular complexity index is 1710. The molecular formula is C35H48FN5O10S. The number of carboxylic acid groups (broad SMARTS) is 1. The van der Waals surface area contributed by atoms with Crippen molar-refractivity contribution < 1.29 is 51.4 Å². The molecule has 0 unspecified atom stereocenters. The molecule has 5 N–H and O–H groups in total. The maximum absolute atomic E-state index is 14.3. The number of hydrogen-bond donors (Lipinski definition) is 4. The molecular weight excluding hydrogens is 701 g/mol. The number of carboxylic acids is 1. The van der Waals surface area contributed by atoms with E-state index in [1.54, 1.807) is 32.9 Å². The van der Waals surface area contributed by atoms with E-state index in [0.29, 0.717) is 17.5 Å². The molecule has 2 saturated carbocycles. The van der Waals surface area contributed by atoms with Crippen LogP contribution in [0.15, 0.2) is 30.4 Å². The van der Waals surface area contributed by atoms with Crippen LogP contribution in [0.3, 0.4) is 0 Å². The topological polar surface area (TPSA) is 215 Å². The third-order valence-corrected chi connectivity index (χ3v) is 11.2. The van der Waals surface area contributed by atoms with Gasteiger partial charge in [-0.2, -0.15) is 0 Å². The van der Waals surface area contributed by atoms with Crippen LogP contribution in [0.25, 0.3) is 0 Å². The van der Waals surface area contributed by atoms with Gasteiger partial charge in [0.2, 0.25) is 21.8 Å². The number of allylic oxidation sites excluding steroid dienone is 1. The van der Waals surface area contributed by atoms with Crippen LogP contribution in [0.2, 0.25) is 0 Å². The zero-order chi connectivity index (χ0) is 38.0. The van der Waals surface area contributed by atoms with Crippen molar-refractivity contribution in [2.24, 2.45) is 11.1 Å². The predicted molar refractivity (Wildman–Crippen MR) is 184 cm³/mol. The van der Waals surface area contributed by atoms with E-state index < -0.39 is 75.1 Å². The van der Waals surface area contributed by atoms with E-state index in [9.17, 15) is 41.9 Å². The minimum absolute atomic E-state index is 0.0258. The van der Waals surface area contributed by atoms with Gasteiger partial charge in [0.1, 0.15) is 35.1 Å². The van der Waals surface area contributed by atoms with E-state index in [2.05, 4.69) is 10.6 Å². The first-order valence-corrected chi connectivity index (χ1v) is 19.2. The number of nitrogens with zero attached hydrogens (tertiary/aromatic N) is 2. The highest BCUT2D eigenvalue weighted by atomic mass is 32.2. The van der Waals surface area contributed by atoms with Crippen molar-refractivity contribution in [3.63, 3.8) is 0 Å². The number of ether oxygens (including phenoxy) is 2. The summed E-state index contributed by atoms with van der Waals surface area (Å²) in [5.41, 5.74) is -1.22. The number of fused-ring (bicyclic) bond motifs is 3. The summed E-state index contributed by atoms with van der Waals surface area (Å²) in [6, 6.07) is 2.45. The molecule has 0 radical (unpaired) electrons. The highest BCUT2D eigenvalue weighted by molar-refractivity contribution is 7.90. The van der Waals surface area contributed by atoms with Gasteiger partial charge >= 0.3 is 18.2 Å². The zero-order valence-corrected chi connectivity index (χ0v) is 30.5. The van der Waals surface area contributed by atoms with Gasteiger partial charge in [-0.3, -0.25) is 14.5 Å². The van der Waals surface area contributed by atoms with Crippen molar-refractivity contribution in [2.75, 3.05) is 6.54 Å². The fourth-order valence-corrected chi connectivity index (χ4v) is 7.51. The van der Waals surface area contributed by atoms with E-state index in [1.807, 2.05) is 12.2 Å².